The van der Waals surface area contributed by atoms with E-state index >= 15 is 0 Å². The second kappa shape index (κ2) is 10.9. The number of allylic oxidation sites excluding steroid dienone is 3. The van der Waals surface area contributed by atoms with Crippen molar-refractivity contribution in [2.75, 3.05) is 0 Å². The summed E-state index contributed by atoms with van der Waals surface area (Å²) in [5.41, 5.74) is -1.11. The average Bonchev–Trinajstić information content (AvgIpc) is 3.46. The lowest BCUT2D eigenvalue weighted by molar-refractivity contribution is -0.201. The van der Waals surface area contributed by atoms with Gasteiger partial charge in [0.1, 0.15) is 0 Å². The Morgan fingerprint density at radius 1 is 0.943 bits per heavy atom. The maximum atomic E-state index is 11.2. The minimum atomic E-state index is -0.889. The van der Waals surface area contributed by atoms with E-state index in [1.807, 2.05) is 20.8 Å². The molecule has 2 N–H and O–H groups in total. The Bertz CT molecular complexity index is 761. The van der Waals surface area contributed by atoms with Crippen molar-refractivity contribution in [2.45, 2.75) is 160 Å². The van der Waals surface area contributed by atoms with Crippen LogP contribution in [-0.4, -0.2) is 57.0 Å². The molecule has 5 heteroatoms. The zero-order chi connectivity index (χ0) is 26.1. The van der Waals surface area contributed by atoms with Gasteiger partial charge in [-0.25, -0.2) is 0 Å². The van der Waals surface area contributed by atoms with Crippen LogP contribution in [0.25, 0.3) is 0 Å². The van der Waals surface area contributed by atoms with Gasteiger partial charge in [0.05, 0.1) is 46.8 Å². The number of rotatable bonds is 10. The quantitative estimate of drug-likeness (QED) is 0.352. The smallest absolute Gasteiger partial charge is 0.0921 e. The van der Waals surface area contributed by atoms with Gasteiger partial charge in [-0.2, -0.15) is 0 Å². The highest BCUT2D eigenvalue weighted by Gasteiger charge is 2.55. The van der Waals surface area contributed by atoms with E-state index in [0.29, 0.717) is 12.3 Å². The molecule has 3 aliphatic heterocycles. The van der Waals surface area contributed by atoms with Crippen LogP contribution < -0.4 is 0 Å². The summed E-state index contributed by atoms with van der Waals surface area (Å²) in [4.78, 5) is 0. The third-order valence-corrected chi connectivity index (χ3v) is 8.66. The summed E-state index contributed by atoms with van der Waals surface area (Å²) in [5, 5.41) is 21.6. The van der Waals surface area contributed by atoms with Crippen molar-refractivity contribution < 1.29 is 24.4 Å². The first-order valence-corrected chi connectivity index (χ1v) is 13.9. The first-order chi connectivity index (χ1) is 16.1. The molecule has 202 valence electrons. The summed E-state index contributed by atoms with van der Waals surface area (Å²) in [6, 6.07) is 0. The lowest BCUT2D eigenvalue weighted by atomic mass is 9.89. The highest BCUT2D eigenvalue weighted by Crippen LogP contribution is 2.48. The van der Waals surface area contributed by atoms with Crippen LogP contribution >= 0.6 is 0 Å². The predicted molar refractivity (Wildman–Crippen MR) is 141 cm³/mol. The molecule has 3 rings (SSSR count). The molecular weight excluding hydrogens is 440 g/mol. The number of hydrogen-bond donors (Lipinski definition) is 2. The Morgan fingerprint density at radius 3 is 2.23 bits per heavy atom. The molecule has 0 aromatic heterocycles. The average molecular weight is 493 g/mol. The van der Waals surface area contributed by atoms with Crippen molar-refractivity contribution in [1.29, 1.82) is 0 Å². The number of ether oxygens (including phenoxy) is 3. The maximum absolute atomic E-state index is 11.2. The summed E-state index contributed by atoms with van der Waals surface area (Å²) in [6.45, 7) is 16.4. The molecular formula is C30H52O5. The van der Waals surface area contributed by atoms with Crippen molar-refractivity contribution in [1.82, 2.24) is 0 Å². The number of hydrogen-bond acceptors (Lipinski definition) is 5. The van der Waals surface area contributed by atoms with Gasteiger partial charge in [-0.05, 0) is 112 Å². The molecule has 0 aliphatic carbocycles. The summed E-state index contributed by atoms with van der Waals surface area (Å²) in [5.74, 6) is 0.497. The van der Waals surface area contributed by atoms with Crippen molar-refractivity contribution >= 4 is 0 Å². The van der Waals surface area contributed by atoms with E-state index in [2.05, 4.69) is 52.8 Å². The van der Waals surface area contributed by atoms with Gasteiger partial charge < -0.3 is 24.4 Å². The Morgan fingerprint density at radius 2 is 1.60 bits per heavy atom. The van der Waals surface area contributed by atoms with E-state index < -0.39 is 11.2 Å². The van der Waals surface area contributed by atoms with E-state index in [4.69, 9.17) is 14.2 Å². The van der Waals surface area contributed by atoms with Gasteiger partial charge in [0.25, 0.3) is 0 Å². The Kier molecular flexibility index (Phi) is 9.02. The Balaban J connectivity index is 1.51. The van der Waals surface area contributed by atoms with Crippen LogP contribution in [0.3, 0.4) is 0 Å². The minimum Gasteiger partial charge on any atom is -0.388 e. The van der Waals surface area contributed by atoms with Gasteiger partial charge in [-0.1, -0.05) is 30.7 Å². The molecule has 3 aliphatic rings. The summed E-state index contributed by atoms with van der Waals surface area (Å²) >= 11 is 0. The fourth-order valence-electron chi connectivity index (χ4n) is 6.07. The van der Waals surface area contributed by atoms with Gasteiger partial charge in [0.15, 0.2) is 0 Å². The molecule has 0 aromatic rings. The molecule has 1 unspecified atom stereocenters. The molecule has 35 heavy (non-hydrogen) atoms. The van der Waals surface area contributed by atoms with Crippen LogP contribution in [-0.2, 0) is 14.2 Å². The standard InChI is InChI=1S/C30H52O5/c1-21(2)11-9-12-22(3)13-10-18-28(6,32)24-14-15-25(33-24)29(7)20-17-26(35-29)30(8)19-16-23(34-30)27(4,5)31/h10-11,13,22-26,31-32H,9,12,14-20H2,1-8H3/b13-10+/t22?,23-,24-,25-,26+,28-,29-,30+/m1/s1. The van der Waals surface area contributed by atoms with Crippen molar-refractivity contribution in [3.8, 4) is 0 Å². The third kappa shape index (κ3) is 7.19. The van der Waals surface area contributed by atoms with Gasteiger partial charge in [-0.3, -0.25) is 0 Å². The summed E-state index contributed by atoms with van der Waals surface area (Å²) < 4.78 is 19.5. The largest absolute Gasteiger partial charge is 0.388 e. The van der Waals surface area contributed by atoms with Crippen molar-refractivity contribution in [3.63, 3.8) is 0 Å². The lowest BCUT2D eigenvalue weighted by Crippen LogP contribution is -2.47. The summed E-state index contributed by atoms with van der Waals surface area (Å²) in [6.07, 6.45) is 14.4. The van der Waals surface area contributed by atoms with Crippen LogP contribution in [0.4, 0.5) is 0 Å². The molecule has 8 atom stereocenters. The van der Waals surface area contributed by atoms with Crippen LogP contribution in [0, 0.1) is 5.92 Å². The zero-order valence-corrected chi connectivity index (χ0v) is 23.6. The molecule has 0 spiro atoms. The monoisotopic (exact) mass is 492 g/mol. The van der Waals surface area contributed by atoms with E-state index in [1.54, 1.807) is 0 Å². The third-order valence-electron chi connectivity index (χ3n) is 8.66. The normalized spacial score (nSPS) is 38.7. The van der Waals surface area contributed by atoms with E-state index in [1.165, 1.54) is 5.57 Å². The second-order valence-electron chi connectivity index (χ2n) is 13.1. The SMILES string of the molecule is CC(C)=CCCC(C)/C=C/C[C@@](C)(O)[C@H]1CC[C@H]([C@@]2(C)CC[C@@H]([C@]3(C)CC[C@H](C(C)(C)O)O3)O2)O1. The van der Waals surface area contributed by atoms with Gasteiger partial charge >= 0.3 is 0 Å². The van der Waals surface area contributed by atoms with E-state index in [9.17, 15) is 10.2 Å². The first-order valence-electron chi connectivity index (χ1n) is 13.9. The van der Waals surface area contributed by atoms with Crippen LogP contribution in [0.1, 0.15) is 113 Å². The van der Waals surface area contributed by atoms with Crippen LogP contribution in [0.2, 0.25) is 0 Å². The van der Waals surface area contributed by atoms with Gasteiger partial charge in [0, 0.05) is 0 Å². The first kappa shape index (κ1) is 28.8. The predicted octanol–water partition coefficient (Wildman–Crippen LogP) is 6.26. The fraction of sp³-hybridized carbons (Fsp3) is 0.867. The van der Waals surface area contributed by atoms with Crippen LogP contribution in [0.5, 0.6) is 0 Å². The molecule has 3 fully saturated rings. The molecule has 3 heterocycles. The van der Waals surface area contributed by atoms with E-state index in [0.717, 1.165) is 51.4 Å². The topological polar surface area (TPSA) is 68.2 Å². The molecule has 5 nitrogen and oxygen atoms in total. The molecule has 0 bridgehead atoms. The fourth-order valence-corrected chi connectivity index (χ4v) is 6.07. The number of aliphatic hydroxyl groups is 2. The van der Waals surface area contributed by atoms with Crippen LogP contribution in [0.15, 0.2) is 23.8 Å². The maximum Gasteiger partial charge on any atom is 0.0921 e. The van der Waals surface area contributed by atoms with Gasteiger partial charge in [-0.15, -0.1) is 0 Å². The highest BCUT2D eigenvalue weighted by molar-refractivity contribution is 5.05. The molecule has 0 aromatic carbocycles. The zero-order valence-electron chi connectivity index (χ0n) is 23.6. The highest BCUT2D eigenvalue weighted by atomic mass is 16.6. The Hall–Kier alpha value is -0.720. The van der Waals surface area contributed by atoms with Crippen molar-refractivity contribution in [2.24, 2.45) is 5.92 Å². The Labute approximate surface area is 214 Å². The minimum absolute atomic E-state index is 0.00114. The van der Waals surface area contributed by atoms with E-state index in [-0.39, 0.29) is 35.6 Å². The van der Waals surface area contributed by atoms with Crippen molar-refractivity contribution in [3.05, 3.63) is 23.8 Å². The molecule has 3 saturated heterocycles. The molecule has 0 radical (unpaired) electrons. The molecule has 0 saturated carbocycles. The second-order valence-corrected chi connectivity index (χ2v) is 13.1. The lowest BCUT2D eigenvalue weighted by Gasteiger charge is -2.38. The van der Waals surface area contributed by atoms with Gasteiger partial charge in [0.2, 0.25) is 0 Å². The summed E-state index contributed by atoms with van der Waals surface area (Å²) in [7, 11) is 0. The molecule has 0 amide bonds.